The minimum Gasteiger partial charge on any atom is -1.00 e. The third kappa shape index (κ3) is 13.1. The second kappa shape index (κ2) is 19.2. The minimum absolute atomic E-state index is 0. The summed E-state index contributed by atoms with van der Waals surface area (Å²) in [7, 11) is 0. The summed E-state index contributed by atoms with van der Waals surface area (Å²) in [5.41, 5.74) is 0. The quantitative estimate of drug-likeness (QED) is 0.450. The van der Waals surface area contributed by atoms with E-state index in [1.165, 1.54) is 56.3 Å². The molecule has 0 aliphatic carbocycles. The van der Waals surface area contributed by atoms with E-state index in [1.54, 1.807) is 0 Å². The Kier molecular flexibility index (Phi) is 34.6. The first-order valence-corrected chi connectivity index (χ1v) is 6.09. The number of nitrogens with zero attached hydrogens (tertiary/aromatic N) is 1. The van der Waals surface area contributed by atoms with Crippen LogP contribution in [0.4, 0.5) is 0 Å². The SMILES string of the molecule is CCC[N+](CCC)(CCC)CCC.N.O.O.[H+].[H-].[Na+]. The van der Waals surface area contributed by atoms with Crippen molar-refractivity contribution in [2.45, 2.75) is 53.4 Å². The van der Waals surface area contributed by atoms with E-state index in [1.807, 2.05) is 0 Å². The first-order valence-electron chi connectivity index (χ1n) is 6.09. The van der Waals surface area contributed by atoms with Gasteiger partial charge < -0.3 is 23.0 Å². The number of hydrogen-bond donors (Lipinski definition) is 1. The molecule has 0 heterocycles. The van der Waals surface area contributed by atoms with Gasteiger partial charge in [-0.25, -0.2) is 0 Å². The van der Waals surface area contributed by atoms with Crippen LogP contribution < -0.4 is 35.7 Å². The molecule has 0 saturated carbocycles. The van der Waals surface area contributed by atoms with Crippen molar-refractivity contribution < 1.29 is 47.8 Å². The van der Waals surface area contributed by atoms with E-state index in [2.05, 4.69) is 27.7 Å². The average Bonchev–Trinajstić information content (AvgIpc) is 2.06. The van der Waals surface area contributed by atoms with Crippen molar-refractivity contribution in [2.75, 3.05) is 26.2 Å². The fourth-order valence-corrected chi connectivity index (χ4v) is 2.57. The molecule has 0 aliphatic heterocycles. The molecule has 5 heteroatoms. The van der Waals surface area contributed by atoms with E-state index < -0.39 is 0 Å². The maximum atomic E-state index is 2.31. The zero-order chi connectivity index (χ0) is 10.2. The van der Waals surface area contributed by atoms with Crippen LogP contribution in [0.15, 0.2) is 0 Å². The second-order valence-corrected chi connectivity index (χ2v) is 4.24. The third-order valence-electron chi connectivity index (χ3n) is 2.79. The molecule has 0 radical (unpaired) electrons. The molecule has 0 amide bonds. The fourth-order valence-electron chi connectivity index (χ4n) is 2.57. The van der Waals surface area contributed by atoms with Gasteiger partial charge in [0, 0.05) is 0 Å². The Labute approximate surface area is 133 Å². The van der Waals surface area contributed by atoms with Crippen molar-refractivity contribution in [1.82, 2.24) is 6.15 Å². The molecule has 17 heavy (non-hydrogen) atoms. The van der Waals surface area contributed by atoms with E-state index in [0.29, 0.717) is 0 Å². The van der Waals surface area contributed by atoms with Crippen molar-refractivity contribution in [1.29, 1.82) is 0 Å². The molecule has 4 nitrogen and oxygen atoms in total. The van der Waals surface area contributed by atoms with Gasteiger partial charge in [-0.1, -0.05) is 27.7 Å². The molecule has 0 spiro atoms. The normalized spacial score (nSPS) is 9.18. The Hall–Kier alpha value is 0.840. The predicted molar refractivity (Wildman–Crippen MR) is 75.4 cm³/mol. The largest absolute Gasteiger partial charge is 1.00 e. The molecule has 0 rings (SSSR count). The predicted octanol–water partition coefficient (Wildman–Crippen LogP) is -0.815. The Morgan fingerprint density at radius 2 is 0.882 bits per heavy atom. The molecule has 0 aromatic carbocycles. The summed E-state index contributed by atoms with van der Waals surface area (Å²) < 4.78 is 1.38. The molecule has 0 aromatic heterocycles. The van der Waals surface area contributed by atoms with Crippen LogP contribution in [0.25, 0.3) is 0 Å². The van der Waals surface area contributed by atoms with Gasteiger partial charge in [0.05, 0.1) is 26.2 Å². The molecule has 7 N–H and O–H groups in total. The van der Waals surface area contributed by atoms with Crippen LogP contribution in [-0.4, -0.2) is 41.6 Å². The van der Waals surface area contributed by atoms with Gasteiger partial charge in [-0.15, -0.1) is 0 Å². The smallest absolute Gasteiger partial charge is 1.00 e. The minimum atomic E-state index is 0. The van der Waals surface area contributed by atoms with E-state index >= 15 is 0 Å². The van der Waals surface area contributed by atoms with Crippen molar-refractivity contribution >= 4 is 0 Å². The Bertz CT molecular complexity index is 107. The van der Waals surface area contributed by atoms with E-state index in [9.17, 15) is 0 Å². The van der Waals surface area contributed by atoms with Gasteiger partial charge in [-0.2, -0.15) is 0 Å². The monoisotopic (exact) mass is 264 g/mol. The van der Waals surface area contributed by atoms with Gasteiger partial charge >= 0.3 is 31.0 Å². The molecule has 0 unspecified atom stereocenters. The summed E-state index contributed by atoms with van der Waals surface area (Å²) in [5, 5.41) is 0. The zero-order valence-electron chi connectivity index (χ0n) is 14.8. The molecule has 0 aromatic rings. The van der Waals surface area contributed by atoms with E-state index in [4.69, 9.17) is 0 Å². The molecule has 106 valence electrons. The van der Waals surface area contributed by atoms with Gasteiger partial charge in [0.2, 0.25) is 0 Å². The first kappa shape index (κ1) is 30.7. The zero-order valence-corrected chi connectivity index (χ0v) is 14.8. The maximum absolute atomic E-state index is 2.31. The van der Waals surface area contributed by atoms with Gasteiger partial charge in [0.25, 0.3) is 0 Å². The molecule has 0 bridgehead atoms. The Balaban J connectivity index is -0.0000000480. The van der Waals surface area contributed by atoms with Crippen molar-refractivity contribution in [3.8, 4) is 0 Å². The summed E-state index contributed by atoms with van der Waals surface area (Å²) in [5.74, 6) is 0. The third-order valence-corrected chi connectivity index (χ3v) is 2.79. The fraction of sp³-hybridized carbons (Fsp3) is 1.00. The molecule has 0 saturated heterocycles. The van der Waals surface area contributed by atoms with Crippen LogP contribution in [0.2, 0.25) is 0 Å². The van der Waals surface area contributed by atoms with Gasteiger partial charge in [0.15, 0.2) is 0 Å². The Morgan fingerprint density at radius 3 is 1.00 bits per heavy atom. The Morgan fingerprint density at radius 1 is 0.706 bits per heavy atom. The van der Waals surface area contributed by atoms with Crippen LogP contribution in [0.5, 0.6) is 0 Å². The summed E-state index contributed by atoms with van der Waals surface area (Å²) in [6.07, 6.45) is 5.33. The van der Waals surface area contributed by atoms with Crippen LogP contribution >= 0.6 is 0 Å². The summed E-state index contributed by atoms with van der Waals surface area (Å²) in [4.78, 5) is 0. The second-order valence-electron chi connectivity index (χ2n) is 4.24. The molecule has 0 aliphatic rings. The van der Waals surface area contributed by atoms with Crippen LogP contribution in [0, 0.1) is 0 Å². The van der Waals surface area contributed by atoms with Crippen molar-refractivity contribution in [3.63, 3.8) is 0 Å². The number of hydrogen-bond acceptors (Lipinski definition) is 1. The van der Waals surface area contributed by atoms with Crippen LogP contribution in [0.3, 0.4) is 0 Å². The molecular formula is C12H37N2NaO2+2. The van der Waals surface area contributed by atoms with E-state index in [0.717, 1.165) is 0 Å². The van der Waals surface area contributed by atoms with Crippen LogP contribution in [0.1, 0.15) is 56.2 Å². The van der Waals surface area contributed by atoms with Gasteiger partial charge in [-0.3, -0.25) is 0 Å². The first-order chi connectivity index (χ1) is 6.24. The maximum Gasteiger partial charge on any atom is 1.00 e. The van der Waals surface area contributed by atoms with E-state index in [-0.39, 0.29) is 49.5 Å². The van der Waals surface area contributed by atoms with Gasteiger partial charge in [0.1, 0.15) is 0 Å². The summed E-state index contributed by atoms with van der Waals surface area (Å²) >= 11 is 0. The summed E-state index contributed by atoms with van der Waals surface area (Å²) in [6.45, 7) is 14.8. The summed E-state index contributed by atoms with van der Waals surface area (Å²) in [6, 6.07) is 0. The molecular weight excluding hydrogens is 227 g/mol. The molecule has 0 fully saturated rings. The molecule has 0 atom stereocenters. The topological polar surface area (TPSA) is 98.0 Å². The van der Waals surface area contributed by atoms with Crippen LogP contribution in [-0.2, 0) is 0 Å². The van der Waals surface area contributed by atoms with Gasteiger partial charge in [-0.05, 0) is 25.7 Å². The van der Waals surface area contributed by atoms with Crippen molar-refractivity contribution in [2.24, 2.45) is 0 Å². The number of quaternary nitrogens is 1. The average molecular weight is 264 g/mol. The van der Waals surface area contributed by atoms with Crippen molar-refractivity contribution in [3.05, 3.63) is 0 Å². The standard InChI is InChI=1S/C12H28N.H3N.Na.2H2O.H/c1-5-9-13(10-6-2,11-7-3)12-8-4;;;;;/h5-12H2,1-4H3;1H3;;2*1H2;/q+1;;+1;;;-1/p+1. The number of rotatable bonds is 8.